The molecule has 0 aliphatic heterocycles. The van der Waals surface area contributed by atoms with Crippen LogP contribution in [0.15, 0.2) is 24.3 Å². The summed E-state index contributed by atoms with van der Waals surface area (Å²) in [4.78, 5) is 23.5. The summed E-state index contributed by atoms with van der Waals surface area (Å²) >= 11 is 0. The molecule has 0 aliphatic rings. The summed E-state index contributed by atoms with van der Waals surface area (Å²) in [6.45, 7) is 3.12. The molecule has 0 fully saturated rings. The third-order valence-electron chi connectivity index (χ3n) is 3.27. The summed E-state index contributed by atoms with van der Waals surface area (Å²) in [5, 5.41) is 2.82. The maximum absolute atomic E-state index is 11.9. The lowest BCUT2D eigenvalue weighted by Crippen LogP contribution is -2.31. The van der Waals surface area contributed by atoms with E-state index in [1.807, 2.05) is 6.92 Å². The second-order valence-electron chi connectivity index (χ2n) is 5.15. The molecule has 0 spiro atoms. The smallest absolute Gasteiger partial charge is 0.220 e. The van der Waals surface area contributed by atoms with Crippen LogP contribution in [-0.4, -0.2) is 31.9 Å². The molecule has 1 aromatic carbocycles. The fraction of sp³-hybridized carbons (Fsp3) is 0.500. The van der Waals surface area contributed by atoms with Crippen molar-refractivity contribution in [1.29, 1.82) is 0 Å². The quantitative estimate of drug-likeness (QED) is 0.681. The van der Waals surface area contributed by atoms with Crippen molar-refractivity contribution in [3.8, 4) is 5.75 Å². The third-order valence-corrected chi connectivity index (χ3v) is 3.27. The van der Waals surface area contributed by atoms with Crippen molar-refractivity contribution in [3.63, 3.8) is 0 Å². The highest BCUT2D eigenvalue weighted by Gasteiger charge is 2.08. The summed E-state index contributed by atoms with van der Waals surface area (Å²) < 4.78 is 5.04. The first-order valence-corrected chi connectivity index (χ1v) is 7.20. The zero-order chi connectivity index (χ0) is 15.7. The predicted molar refractivity (Wildman–Crippen MR) is 89.7 cm³/mol. The second-order valence-corrected chi connectivity index (χ2v) is 5.15. The van der Waals surface area contributed by atoms with E-state index in [1.165, 1.54) is 0 Å². The molecule has 0 aromatic heterocycles. The number of carbonyl (C=O) groups is 2. The standard InChI is InChI=1S/C16H24N2O3.ClH/c1-12(10-17)11-18-16(20)5-3-4-15(19)13-6-8-14(21-2)9-7-13;/h6-9,12H,3-5,10-11,17H2,1-2H3,(H,18,20);1H. The number of hydrogen-bond acceptors (Lipinski definition) is 4. The molecule has 1 rings (SSSR count). The number of ketones is 1. The Hall–Kier alpha value is -1.59. The number of Topliss-reactive ketones (excluding diaryl/α,β-unsaturated/α-hetero) is 1. The number of amides is 1. The SMILES string of the molecule is COc1ccc(C(=O)CCCC(=O)NCC(C)CN)cc1.Cl. The molecule has 5 nitrogen and oxygen atoms in total. The van der Waals surface area contributed by atoms with Crippen LogP contribution >= 0.6 is 12.4 Å². The van der Waals surface area contributed by atoms with Crippen LogP contribution in [0.5, 0.6) is 5.75 Å². The van der Waals surface area contributed by atoms with Crippen LogP contribution in [0.2, 0.25) is 0 Å². The van der Waals surface area contributed by atoms with Gasteiger partial charge in [-0.1, -0.05) is 6.92 Å². The van der Waals surface area contributed by atoms with Crippen molar-refractivity contribution >= 4 is 24.1 Å². The van der Waals surface area contributed by atoms with Crippen LogP contribution < -0.4 is 15.8 Å². The summed E-state index contributed by atoms with van der Waals surface area (Å²) in [6.07, 6.45) is 1.28. The Morgan fingerprint density at radius 2 is 1.86 bits per heavy atom. The normalized spacial score (nSPS) is 11.2. The lowest BCUT2D eigenvalue weighted by molar-refractivity contribution is -0.121. The topological polar surface area (TPSA) is 81.4 Å². The van der Waals surface area contributed by atoms with Gasteiger partial charge in [0.05, 0.1) is 7.11 Å². The molecule has 0 bridgehead atoms. The Kier molecular flexibility index (Phi) is 10.2. The maximum atomic E-state index is 11.9. The molecule has 0 heterocycles. The van der Waals surface area contributed by atoms with Gasteiger partial charge in [0.15, 0.2) is 5.78 Å². The van der Waals surface area contributed by atoms with Gasteiger partial charge in [-0.3, -0.25) is 9.59 Å². The highest BCUT2D eigenvalue weighted by atomic mass is 35.5. The number of ether oxygens (including phenoxy) is 1. The van der Waals surface area contributed by atoms with Gasteiger partial charge in [-0.05, 0) is 43.1 Å². The molecule has 0 radical (unpaired) electrons. The van der Waals surface area contributed by atoms with E-state index in [2.05, 4.69) is 5.32 Å². The summed E-state index contributed by atoms with van der Waals surface area (Å²) in [6, 6.07) is 7.00. The van der Waals surface area contributed by atoms with Crippen LogP contribution in [0.25, 0.3) is 0 Å². The van der Waals surface area contributed by atoms with Crippen LogP contribution in [0.3, 0.4) is 0 Å². The van der Waals surface area contributed by atoms with Gasteiger partial charge in [-0.2, -0.15) is 0 Å². The number of rotatable bonds is 9. The van der Waals surface area contributed by atoms with E-state index in [0.29, 0.717) is 37.9 Å². The Morgan fingerprint density at radius 1 is 1.23 bits per heavy atom. The molecular formula is C16H25ClN2O3. The molecule has 1 amide bonds. The molecule has 124 valence electrons. The van der Waals surface area contributed by atoms with E-state index in [9.17, 15) is 9.59 Å². The van der Waals surface area contributed by atoms with Gasteiger partial charge in [0.2, 0.25) is 5.91 Å². The van der Waals surface area contributed by atoms with Gasteiger partial charge >= 0.3 is 0 Å². The van der Waals surface area contributed by atoms with E-state index >= 15 is 0 Å². The fourth-order valence-corrected chi connectivity index (χ4v) is 1.79. The third kappa shape index (κ3) is 7.43. The zero-order valence-corrected chi connectivity index (χ0v) is 13.9. The van der Waals surface area contributed by atoms with Crippen molar-refractivity contribution in [3.05, 3.63) is 29.8 Å². The Balaban J connectivity index is 0.00000441. The average molecular weight is 329 g/mol. The number of nitrogens with one attached hydrogen (secondary N) is 1. The van der Waals surface area contributed by atoms with Crippen molar-refractivity contribution in [2.24, 2.45) is 11.7 Å². The molecule has 0 aliphatic carbocycles. The minimum atomic E-state index is -0.0298. The number of hydrogen-bond donors (Lipinski definition) is 2. The van der Waals surface area contributed by atoms with Gasteiger partial charge in [0.25, 0.3) is 0 Å². The molecule has 6 heteroatoms. The fourth-order valence-electron chi connectivity index (χ4n) is 1.79. The van der Waals surface area contributed by atoms with E-state index < -0.39 is 0 Å². The summed E-state index contributed by atoms with van der Waals surface area (Å²) in [7, 11) is 1.58. The molecular weight excluding hydrogens is 304 g/mol. The minimum absolute atomic E-state index is 0. The highest BCUT2D eigenvalue weighted by molar-refractivity contribution is 5.96. The number of benzene rings is 1. The van der Waals surface area contributed by atoms with Gasteiger partial charge in [-0.15, -0.1) is 12.4 Å². The Labute approximate surface area is 138 Å². The molecule has 0 saturated carbocycles. The first-order valence-electron chi connectivity index (χ1n) is 7.20. The summed E-state index contributed by atoms with van der Waals surface area (Å²) in [5.74, 6) is 1.01. The zero-order valence-electron chi connectivity index (χ0n) is 13.1. The van der Waals surface area contributed by atoms with Crippen LogP contribution in [0.4, 0.5) is 0 Å². The molecule has 1 unspecified atom stereocenters. The van der Waals surface area contributed by atoms with Crippen LogP contribution in [0.1, 0.15) is 36.5 Å². The maximum Gasteiger partial charge on any atom is 0.220 e. The van der Waals surface area contributed by atoms with E-state index in [1.54, 1.807) is 31.4 Å². The van der Waals surface area contributed by atoms with E-state index in [0.717, 1.165) is 5.75 Å². The highest BCUT2D eigenvalue weighted by Crippen LogP contribution is 2.13. The van der Waals surface area contributed by atoms with Crippen molar-refractivity contribution in [2.45, 2.75) is 26.2 Å². The van der Waals surface area contributed by atoms with Gasteiger partial charge in [0, 0.05) is 24.9 Å². The Bertz CT molecular complexity index is 463. The molecule has 3 N–H and O–H groups in total. The lowest BCUT2D eigenvalue weighted by Gasteiger charge is -2.09. The molecule has 1 atom stereocenters. The Morgan fingerprint density at radius 3 is 2.41 bits per heavy atom. The number of nitrogens with two attached hydrogens (primary N) is 1. The second kappa shape index (κ2) is 11.0. The van der Waals surface area contributed by atoms with E-state index in [-0.39, 0.29) is 30.0 Å². The number of halogens is 1. The molecule has 0 saturated heterocycles. The average Bonchev–Trinajstić information content (AvgIpc) is 2.52. The van der Waals surface area contributed by atoms with Crippen LogP contribution in [0, 0.1) is 5.92 Å². The first kappa shape index (κ1) is 20.4. The van der Waals surface area contributed by atoms with Crippen molar-refractivity contribution in [2.75, 3.05) is 20.2 Å². The largest absolute Gasteiger partial charge is 0.497 e. The minimum Gasteiger partial charge on any atom is -0.497 e. The van der Waals surface area contributed by atoms with Crippen LogP contribution in [-0.2, 0) is 4.79 Å². The molecule has 1 aromatic rings. The molecule has 22 heavy (non-hydrogen) atoms. The monoisotopic (exact) mass is 328 g/mol. The number of methoxy groups -OCH3 is 1. The van der Waals surface area contributed by atoms with Crippen molar-refractivity contribution in [1.82, 2.24) is 5.32 Å². The summed E-state index contributed by atoms with van der Waals surface area (Å²) in [5.41, 5.74) is 6.12. The van der Waals surface area contributed by atoms with Gasteiger partial charge in [0.1, 0.15) is 5.75 Å². The lowest BCUT2D eigenvalue weighted by atomic mass is 10.1. The number of carbonyl (C=O) groups excluding carboxylic acids is 2. The first-order chi connectivity index (χ1) is 10.1. The van der Waals surface area contributed by atoms with E-state index in [4.69, 9.17) is 10.5 Å². The predicted octanol–water partition coefficient (Wildman–Crippen LogP) is 2.18. The van der Waals surface area contributed by atoms with Gasteiger partial charge in [-0.25, -0.2) is 0 Å². The van der Waals surface area contributed by atoms with Crippen molar-refractivity contribution < 1.29 is 14.3 Å². The van der Waals surface area contributed by atoms with Gasteiger partial charge < -0.3 is 15.8 Å².